The molecule has 7 nitrogen and oxygen atoms in total. The first kappa shape index (κ1) is 21.2. The van der Waals surface area contributed by atoms with Crippen LogP contribution in [0.3, 0.4) is 0 Å². The van der Waals surface area contributed by atoms with Gasteiger partial charge in [0.2, 0.25) is 0 Å². The minimum absolute atomic E-state index is 0.0651. The standard InChI is InChI=1S/C26H28N6O/c1-21-24(20-28-32(21)23-10-6-3-7-11-23)26(33)31-18-15-29(16-19-31)14-17-30-13-12-27-25(30)22-8-4-2-5-9-22/h2-13,20H,14-19H2,1H3. The first-order valence-electron chi connectivity index (χ1n) is 11.4. The van der Waals surface area contributed by atoms with Gasteiger partial charge in [-0.3, -0.25) is 9.69 Å². The van der Waals surface area contributed by atoms with Crippen LogP contribution in [0.25, 0.3) is 17.1 Å². The van der Waals surface area contributed by atoms with Crippen molar-refractivity contribution in [3.63, 3.8) is 0 Å². The molecular formula is C26H28N6O. The molecule has 0 N–H and O–H groups in total. The van der Waals surface area contributed by atoms with E-state index in [9.17, 15) is 4.79 Å². The van der Waals surface area contributed by atoms with Crippen molar-refractivity contribution >= 4 is 5.91 Å². The number of piperazine rings is 1. The fourth-order valence-electron chi connectivity index (χ4n) is 4.38. The lowest BCUT2D eigenvalue weighted by Crippen LogP contribution is -2.49. The largest absolute Gasteiger partial charge is 0.336 e. The fourth-order valence-corrected chi connectivity index (χ4v) is 4.38. The van der Waals surface area contributed by atoms with Gasteiger partial charge >= 0.3 is 0 Å². The summed E-state index contributed by atoms with van der Waals surface area (Å²) in [6, 6.07) is 20.2. The van der Waals surface area contributed by atoms with E-state index in [0.717, 1.165) is 62.0 Å². The van der Waals surface area contributed by atoms with Crippen molar-refractivity contribution < 1.29 is 4.79 Å². The zero-order valence-corrected chi connectivity index (χ0v) is 18.8. The summed E-state index contributed by atoms with van der Waals surface area (Å²) in [5.74, 6) is 1.06. The summed E-state index contributed by atoms with van der Waals surface area (Å²) in [7, 11) is 0. The molecule has 1 fully saturated rings. The topological polar surface area (TPSA) is 59.2 Å². The molecule has 0 saturated carbocycles. The highest BCUT2D eigenvalue weighted by molar-refractivity contribution is 5.95. The van der Waals surface area contributed by atoms with E-state index in [0.29, 0.717) is 5.56 Å². The molecular weight excluding hydrogens is 412 g/mol. The van der Waals surface area contributed by atoms with Crippen LogP contribution in [0, 0.1) is 6.92 Å². The maximum absolute atomic E-state index is 13.2. The summed E-state index contributed by atoms with van der Waals surface area (Å²) in [5, 5.41) is 4.46. The van der Waals surface area contributed by atoms with Crippen molar-refractivity contribution in [2.45, 2.75) is 13.5 Å². The molecule has 0 bridgehead atoms. The number of nitrogens with zero attached hydrogens (tertiary/aromatic N) is 6. The summed E-state index contributed by atoms with van der Waals surface area (Å²) >= 11 is 0. The van der Waals surface area contributed by atoms with Crippen LogP contribution >= 0.6 is 0 Å². The summed E-state index contributed by atoms with van der Waals surface area (Å²) in [5.41, 5.74) is 3.65. The van der Waals surface area contributed by atoms with Gasteiger partial charge in [0.05, 0.1) is 23.1 Å². The Kier molecular flexibility index (Phi) is 6.04. The Balaban J connectivity index is 1.17. The number of aromatic nitrogens is 4. The second-order valence-electron chi connectivity index (χ2n) is 8.34. The molecule has 1 aliphatic rings. The molecule has 5 rings (SSSR count). The Morgan fingerprint density at radius 3 is 2.33 bits per heavy atom. The van der Waals surface area contributed by atoms with Gasteiger partial charge in [-0.25, -0.2) is 9.67 Å². The number of carbonyl (C=O) groups is 1. The molecule has 0 atom stereocenters. The number of amides is 1. The predicted molar refractivity (Wildman–Crippen MR) is 128 cm³/mol. The van der Waals surface area contributed by atoms with E-state index in [1.807, 2.05) is 77.4 Å². The average molecular weight is 441 g/mol. The third-order valence-electron chi connectivity index (χ3n) is 6.31. The lowest BCUT2D eigenvalue weighted by molar-refractivity contribution is 0.0632. The lowest BCUT2D eigenvalue weighted by Gasteiger charge is -2.34. The van der Waals surface area contributed by atoms with Gasteiger partial charge in [-0.1, -0.05) is 48.5 Å². The van der Waals surface area contributed by atoms with Gasteiger partial charge in [-0.05, 0) is 19.1 Å². The molecule has 1 aliphatic heterocycles. The van der Waals surface area contributed by atoms with E-state index in [-0.39, 0.29) is 5.91 Å². The van der Waals surface area contributed by atoms with Crippen molar-refractivity contribution in [2.24, 2.45) is 0 Å². The van der Waals surface area contributed by atoms with E-state index in [4.69, 9.17) is 0 Å². The van der Waals surface area contributed by atoms with Crippen LogP contribution in [-0.2, 0) is 6.54 Å². The zero-order chi connectivity index (χ0) is 22.6. The number of hydrogen-bond donors (Lipinski definition) is 0. The van der Waals surface area contributed by atoms with Gasteiger partial charge in [0.15, 0.2) is 0 Å². The van der Waals surface area contributed by atoms with Gasteiger partial charge in [0.25, 0.3) is 5.91 Å². The minimum Gasteiger partial charge on any atom is -0.336 e. The average Bonchev–Trinajstić information content (AvgIpc) is 3.50. The van der Waals surface area contributed by atoms with Gasteiger partial charge < -0.3 is 9.47 Å². The van der Waals surface area contributed by atoms with Crippen LogP contribution < -0.4 is 0 Å². The first-order chi connectivity index (χ1) is 16.2. The van der Waals surface area contributed by atoms with E-state index >= 15 is 0 Å². The molecule has 0 aliphatic carbocycles. The van der Waals surface area contributed by atoms with Gasteiger partial charge in [0.1, 0.15) is 5.82 Å². The van der Waals surface area contributed by atoms with E-state index in [1.54, 1.807) is 6.20 Å². The molecule has 1 saturated heterocycles. The molecule has 1 amide bonds. The normalized spacial score (nSPS) is 14.5. The summed E-state index contributed by atoms with van der Waals surface area (Å²) < 4.78 is 4.03. The Labute approximate surface area is 193 Å². The summed E-state index contributed by atoms with van der Waals surface area (Å²) in [6.07, 6.45) is 5.59. The lowest BCUT2D eigenvalue weighted by atomic mass is 10.2. The molecule has 7 heteroatoms. The maximum atomic E-state index is 13.2. The van der Waals surface area contributed by atoms with Crippen LogP contribution in [0.5, 0.6) is 0 Å². The number of hydrogen-bond acceptors (Lipinski definition) is 4. The van der Waals surface area contributed by atoms with Crippen molar-refractivity contribution in [2.75, 3.05) is 32.7 Å². The molecule has 0 unspecified atom stereocenters. The Morgan fingerprint density at radius 2 is 1.61 bits per heavy atom. The van der Waals surface area contributed by atoms with Gasteiger partial charge in [-0.2, -0.15) is 5.10 Å². The quantitative estimate of drug-likeness (QED) is 0.461. The molecule has 168 valence electrons. The molecule has 2 aromatic heterocycles. The minimum atomic E-state index is 0.0651. The van der Waals surface area contributed by atoms with Crippen LogP contribution in [0.4, 0.5) is 0 Å². The third kappa shape index (κ3) is 4.45. The molecule has 33 heavy (non-hydrogen) atoms. The van der Waals surface area contributed by atoms with Crippen molar-refractivity contribution in [3.05, 3.63) is 90.5 Å². The zero-order valence-electron chi connectivity index (χ0n) is 18.8. The molecule has 2 aromatic carbocycles. The maximum Gasteiger partial charge on any atom is 0.257 e. The third-order valence-corrected chi connectivity index (χ3v) is 6.31. The fraction of sp³-hybridized carbons (Fsp3) is 0.269. The highest BCUT2D eigenvalue weighted by atomic mass is 16.2. The molecule has 0 spiro atoms. The van der Waals surface area contributed by atoms with Gasteiger partial charge in [-0.15, -0.1) is 0 Å². The van der Waals surface area contributed by atoms with Crippen LogP contribution in [-0.4, -0.2) is 67.8 Å². The smallest absolute Gasteiger partial charge is 0.257 e. The Bertz CT molecular complexity index is 1210. The summed E-state index contributed by atoms with van der Waals surface area (Å²) in [4.78, 5) is 22.1. The molecule has 3 heterocycles. The van der Waals surface area contributed by atoms with Crippen molar-refractivity contribution in [1.82, 2.24) is 29.1 Å². The monoisotopic (exact) mass is 440 g/mol. The Morgan fingerprint density at radius 1 is 0.909 bits per heavy atom. The second kappa shape index (κ2) is 9.42. The van der Waals surface area contributed by atoms with Crippen molar-refractivity contribution in [3.8, 4) is 17.1 Å². The van der Waals surface area contributed by atoms with E-state index < -0.39 is 0 Å². The number of para-hydroxylation sites is 1. The Hall–Kier alpha value is -3.71. The molecule has 4 aromatic rings. The van der Waals surface area contributed by atoms with Crippen LogP contribution in [0.2, 0.25) is 0 Å². The summed E-state index contributed by atoms with van der Waals surface area (Å²) in [6.45, 7) is 6.96. The second-order valence-corrected chi connectivity index (χ2v) is 8.34. The van der Waals surface area contributed by atoms with Crippen LogP contribution in [0.15, 0.2) is 79.3 Å². The number of benzene rings is 2. The highest BCUT2D eigenvalue weighted by Gasteiger charge is 2.25. The number of carbonyl (C=O) groups excluding carboxylic acids is 1. The first-order valence-corrected chi connectivity index (χ1v) is 11.4. The van der Waals surface area contributed by atoms with Gasteiger partial charge in [0, 0.05) is 57.2 Å². The van der Waals surface area contributed by atoms with E-state index in [2.05, 4.69) is 31.7 Å². The predicted octanol–water partition coefficient (Wildman–Crippen LogP) is 3.50. The number of imidazole rings is 1. The van der Waals surface area contributed by atoms with Crippen molar-refractivity contribution in [1.29, 1.82) is 0 Å². The van der Waals surface area contributed by atoms with Crippen LogP contribution in [0.1, 0.15) is 16.1 Å². The molecule has 0 radical (unpaired) electrons. The highest BCUT2D eigenvalue weighted by Crippen LogP contribution is 2.18. The number of rotatable bonds is 6. The SMILES string of the molecule is Cc1c(C(=O)N2CCN(CCn3ccnc3-c3ccccc3)CC2)cnn1-c1ccccc1. The van der Waals surface area contributed by atoms with E-state index in [1.165, 1.54) is 0 Å².